The van der Waals surface area contributed by atoms with Gasteiger partial charge in [-0.05, 0) is 64.7 Å². The number of nitriles is 2. The van der Waals surface area contributed by atoms with Gasteiger partial charge in [-0.25, -0.2) is 0 Å². The first kappa shape index (κ1) is 41.6. The van der Waals surface area contributed by atoms with Crippen LogP contribution in [0.3, 0.4) is 0 Å². The van der Waals surface area contributed by atoms with Gasteiger partial charge in [-0.2, -0.15) is 22.6 Å². The third kappa shape index (κ3) is 10.9. The summed E-state index contributed by atoms with van der Waals surface area (Å²) in [5.74, 6) is 0.121. The molecule has 0 radical (unpaired) electrons. The van der Waals surface area contributed by atoms with Gasteiger partial charge in [0, 0.05) is 24.2 Å². The largest absolute Gasteiger partial charge is 6.00 e. The molecule has 11 atom stereocenters. The molecule has 6 aliphatic heterocycles. The van der Waals surface area contributed by atoms with E-state index in [0.29, 0.717) is 25.0 Å². The van der Waals surface area contributed by atoms with Crippen LogP contribution in [0, 0.1) is 33.5 Å². The van der Waals surface area contributed by atoms with Gasteiger partial charge >= 0.3 is 17.1 Å². The molecule has 6 rings (SSSR count). The molecule has 0 aromatic rings. The average molecular weight is 747 g/mol. The number of piperazine rings is 1. The Morgan fingerprint density at radius 3 is 1.90 bits per heavy atom. The maximum Gasteiger partial charge on any atom is 6.00 e. The Morgan fingerprint density at radius 2 is 1.37 bits per heavy atom. The fraction of sp³-hybridized carbons (Fsp3) is 0.861. The van der Waals surface area contributed by atoms with Crippen molar-refractivity contribution in [2.24, 2.45) is 4.99 Å². The summed E-state index contributed by atoms with van der Waals surface area (Å²) in [6.45, 7) is 8.31. The van der Waals surface area contributed by atoms with Gasteiger partial charge in [0.1, 0.15) is 11.8 Å². The average Bonchev–Trinajstić information content (AvgIpc) is 3.18. The minimum atomic E-state index is -0.674. The molecule has 0 bridgehead atoms. The van der Waals surface area contributed by atoms with Crippen LogP contribution >= 0.6 is 0 Å². The molecule has 11 unspecified atom stereocenters. The smallest absolute Gasteiger partial charge is 0.661 e. The van der Waals surface area contributed by atoms with E-state index in [-0.39, 0.29) is 71.2 Å². The van der Waals surface area contributed by atoms with E-state index in [1.807, 2.05) is 13.8 Å². The summed E-state index contributed by atoms with van der Waals surface area (Å²) in [6, 6.07) is 3.61. The summed E-state index contributed by atoms with van der Waals surface area (Å²) in [5, 5.41) is 65.7. The first-order valence-corrected chi connectivity index (χ1v) is 19.2. The van der Waals surface area contributed by atoms with Crippen LogP contribution in [0.5, 0.6) is 0 Å². The molecule has 5 fully saturated rings. The predicted molar refractivity (Wildman–Crippen MR) is 197 cm³/mol. The molecule has 15 heteroatoms. The van der Waals surface area contributed by atoms with Crippen LogP contribution in [0.4, 0.5) is 0 Å². The Bertz CT molecular complexity index is 1200. The molecule has 5 N–H and O–H groups in total. The van der Waals surface area contributed by atoms with Crippen molar-refractivity contribution in [2.45, 2.75) is 157 Å². The van der Waals surface area contributed by atoms with Crippen molar-refractivity contribution >= 4 is 17.5 Å². The third-order valence-corrected chi connectivity index (χ3v) is 10.9. The van der Waals surface area contributed by atoms with Gasteiger partial charge in [-0.3, -0.25) is 21.1 Å². The normalized spacial score (nSPS) is 37.0. The molecule has 51 heavy (non-hydrogen) atoms. The maximum absolute atomic E-state index is 9.62. The van der Waals surface area contributed by atoms with Gasteiger partial charge in [-0.15, -0.1) is 25.2 Å². The van der Waals surface area contributed by atoms with Crippen LogP contribution < -0.4 is 16.0 Å². The van der Waals surface area contributed by atoms with E-state index < -0.39 is 18.1 Å². The second-order valence-corrected chi connectivity index (χ2v) is 14.2. The van der Waals surface area contributed by atoms with Crippen molar-refractivity contribution in [3.05, 3.63) is 21.3 Å². The maximum atomic E-state index is 9.62. The summed E-state index contributed by atoms with van der Waals surface area (Å²) in [6.07, 6.45) is 13.6. The number of piperidine rings is 4. The van der Waals surface area contributed by atoms with Crippen LogP contribution in [0.1, 0.15) is 90.9 Å². The summed E-state index contributed by atoms with van der Waals surface area (Å²) >= 11 is 0. The molecule has 6 heterocycles. The molecule has 0 spiro atoms. The van der Waals surface area contributed by atoms with E-state index in [0.717, 1.165) is 71.1 Å². The summed E-state index contributed by atoms with van der Waals surface area (Å²) in [7, 11) is 0. The number of rotatable bonds is 8. The number of nitrogens with one attached hydrogen (secondary N) is 5. The number of aliphatic imine (C=N–C) groups is 1. The summed E-state index contributed by atoms with van der Waals surface area (Å²) in [4.78, 5) is 4.78. The predicted octanol–water partition coefficient (Wildman–Crippen LogP) is 4.57. The molecule has 5 saturated heterocycles. The fourth-order valence-electron chi connectivity index (χ4n) is 8.37. The zero-order valence-corrected chi connectivity index (χ0v) is 31.5. The van der Waals surface area contributed by atoms with Crippen LogP contribution in [0.25, 0.3) is 21.3 Å². The first-order valence-electron chi connectivity index (χ1n) is 19.2. The Labute approximate surface area is 315 Å². The van der Waals surface area contributed by atoms with E-state index in [4.69, 9.17) is 46.6 Å². The molecule has 0 saturated carbocycles. The first-order chi connectivity index (χ1) is 24.5. The van der Waals surface area contributed by atoms with Crippen molar-refractivity contribution in [3.63, 3.8) is 0 Å². The standard InChI is InChI=1S/C18H30N6O.C18H28N6O.Fe/c2*1-2-25-18(20)17-14(11-19)23-15(12-7-3-5-9-21-12)16(24-17)13-8-4-6-10-22-13;/h12-17,20-21,23H,2-10H2,1H3;12-13,15-17,20-21H,2-10H2,1H3;/q2*-2;+6. The summed E-state index contributed by atoms with van der Waals surface area (Å²) < 4.78 is 10.7. The SMILES string of the molecule is CCOC(=N)C1[N-]C(C2CCCC[N-]2)C(C2CCCCN2)N=C1C#N.CCOC(=N)C1[N-]C(C2CCCC[N-]2)C(C2CCCCN2)NC1C#N.[Fe+6]. The molecule has 0 amide bonds. The second kappa shape index (κ2) is 21.5. The van der Waals surface area contributed by atoms with Crippen molar-refractivity contribution < 1.29 is 26.5 Å². The zero-order valence-electron chi connectivity index (χ0n) is 30.4. The third-order valence-electron chi connectivity index (χ3n) is 10.9. The van der Waals surface area contributed by atoms with Crippen molar-refractivity contribution in [2.75, 3.05) is 39.4 Å². The van der Waals surface area contributed by atoms with Gasteiger partial charge < -0.3 is 41.4 Å². The van der Waals surface area contributed by atoms with E-state index in [2.05, 4.69) is 28.1 Å². The molecule has 0 aliphatic carbocycles. The van der Waals surface area contributed by atoms with Gasteiger partial charge in [-0.1, -0.05) is 51.4 Å². The topological polar surface area (TPSA) is 219 Å². The molecular formula is C36H58FeN12O2+2. The Hall–Kier alpha value is -2.17. The quantitative estimate of drug-likeness (QED) is 0.135. The van der Waals surface area contributed by atoms with Crippen LogP contribution in [0.15, 0.2) is 4.99 Å². The van der Waals surface area contributed by atoms with Crippen molar-refractivity contribution in [3.8, 4) is 12.1 Å². The summed E-state index contributed by atoms with van der Waals surface area (Å²) in [5.41, 5.74) is 0.308. The molecule has 280 valence electrons. The molecular weight excluding hydrogens is 688 g/mol. The van der Waals surface area contributed by atoms with Crippen LogP contribution in [0.2, 0.25) is 0 Å². The van der Waals surface area contributed by atoms with E-state index >= 15 is 0 Å². The van der Waals surface area contributed by atoms with E-state index in [1.165, 1.54) is 32.1 Å². The van der Waals surface area contributed by atoms with Gasteiger partial charge in [0.15, 0.2) is 11.8 Å². The van der Waals surface area contributed by atoms with Gasteiger partial charge in [0.05, 0.1) is 25.3 Å². The number of ether oxygens (including phenoxy) is 2. The molecule has 14 nitrogen and oxygen atoms in total. The van der Waals surface area contributed by atoms with E-state index in [1.54, 1.807) is 0 Å². The molecule has 6 aliphatic rings. The van der Waals surface area contributed by atoms with Crippen LogP contribution in [-0.2, 0) is 26.5 Å². The van der Waals surface area contributed by atoms with Crippen molar-refractivity contribution in [1.29, 1.82) is 21.3 Å². The zero-order chi connectivity index (χ0) is 35.3. The minimum absolute atomic E-state index is 0. The number of hydrogen-bond acceptors (Lipinski definition) is 10. The van der Waals surface area contributed by atoms with Crippen LogP contribution in [-0.4, -0.2) is 123 Å². The number of hydrogen-bond donors (Lipinski definition) is 5. The van der Waals surface area contributed by atoms with Gasteiger partial charge in [0.2, 0.25) is 0 Å². The molecule has 0 aromatic heterocycles. The fourth-order valence-corrected chi connectivity index (χ4v) is 8.37. The van der Waals surface area contributed by atoms with Gasteiger partial charge in [0.25, 0.3) is 0 Å². The second-order valence-electron chi connectivity index (χ2n) is 14.2. The van der Waals surface area contributed by atoms with Crippen molar-refractivity contribution in [1.82, 2.24) is 16.0 Å². The Balaban J connectivity index is 0.000000224. The Kier molecular flexibility index (Phi) is 17.5. The minimum Gasteiger partial charge on any atom is -0.661 e. The monoisotopic (exact) mass is 746 g/mol. The number of nitrogens with zero attached hydrogens (tertiary/aromatic N) is 7. The Morgan fingerprint density at radius 1 is 0.784 bits per heavy atom. The molecule has 0 aromatic carbocycles. The van der Waals surface area contributed by atoms with E-state index in [9.17, 15) is 10.5 Å².